The first-order chi connectivity index (χ1) is 10.3. The molecule has 0 aromatic heterocycles. The Morgan fingerprint density at radius 2 is 1.23 bits per heavy atom. The van der Waals surface area contributed by atoms with Crippen molar-refractivity contribution in [1.29, 1.82) is 0 Å². The summed E-state index contributed by atoms with van der Waals surface area (Å²) in [5.74, 6) is 1.88. The summed E-state index contributed by atoms with van der Waals surface area (Å²) in [6, 6.07) is 17.6. The average Bonchev–Trinajstić information content (AvgIpc) is 2.47. The summed E-state index contributed by atoms with van der Waals surface area (Å²) in [6.07, 6.45) is 0. The van der Waals surface area contributed by atoms with Crippen LogP contribution in [0.1, 0.15) is 57.2 Å². The van der Waals surface area contributed by atoms with Gasteiger partial charge in [-0.15, -0.1) is 0 Å². The molecule has 0 amide bonds. The van der Waals surface area contributed by atoms with Crippen LogP contribution in [-0.4, -0.2) is 7.11 Å². The van der Waals surface area contributed by atoms with Crippen LogP contribution in [0.5, 0.6) is 5.75 Å². The summed E-state index contributed by atoms with van der Waals surface area (Å²) in [5, 5.41) is 0. The van der Waals surface area contributed by atoms with Crippen molar-refractivity contribution in [3.8, 4) is 5.75 Å². The zero-order chi connectivity index (χ0) is 16.3. The predicted octanol–water partition coefficient (Wildman–Crippen LogP) is 5.78. The highest BCUT2D eigenvalue weighted by Gasteiger charge is 2.19. The number of hydrogen-bond acceptors (Lipinski definition) is 1. The van der Waals surface area contributed by atoms with Gasteiger partial charge in [-0.25, -0.2) is 0 Å². The van der Waals surface area contributed by atoms with Gasteiger partial charge >= 0.3 is 0 Å². The highest BCUT2D eigenvalue weighted by Crippen LogP contribution is 2.34. The van der Waals surface area contributed by atoms with Crippen molar-refractivity contribution in [2.75, 3.05) is 7.11 Å². The van der Waals surface area contributed by atoms with Gasteiger partial charge < -0.3 is 4.74 Å². The minimum Gasteiger partial charge on any atom is -0.497 e. The largest absolute Gasteiger partial charge is 0.497 e. The van der Waals surface area contributed by atoms with Gasteiger partial charge in [-0.3, -0.25) is 0 Å². The average molecular weight is 296 g/mol. The van der Waals surface area contributed by atoms with E-state index >= 15 is 0 Å². The molecule has 0 heterocycles. The topological polar surface area (TPSA) is 9.23 Å². The lowest BCUT2D eigenvalue weighted by Crippen LogP contribution is -2.12. The second kappa shape index (κ2) is 6.56. The summed E-state index contributed by atoms with van der Waals surface area (Å²) in [7, 11) is 1.71. The van der Waals surface area contributed by atoms with E-state index in [0.29, 0.717) is 11.8 Å². The SMILES string of the molecule is COc1ccc(C(c2ccc(C(C)(C)C)cc2)C(C)C)cc1. The van der Waals surface area contributed by atoms with E-state index in [1.54, 1.807) is 7.11 Å². The van der Waals surface area contributed by atoms with Crippen molar-refractivity contribution in [3.63, 3.8) is 0 Å². The molecule has 2 aromatic rings. The number of rotatable bonds is 4. The van der Waals surface area contributed by atoms with Gasteiger partial charge in [0.15, 0.2) is 0 Å². The first kappa shape index (κ1) is 16.6. The van der Waals surface area contributed by atoms with Crippen molar-refractivity contribution in [1.82, 2.24) is 0 Å². The highest BCUT2D eigenvalue weighted by atomic mass is 16.5. The molecule has 0 aliphatic heterocycles. The number of methoxy groups -OCH3 is 1. The maximum atomic E-state index is 5.27. The Morgan fingerprint density at radius 1 is 0.773 bits per heavy atom. The molecular weight excluding hydrogens is 268 g/mol. The molecule has 118 valence electrons. The Kier molecular flexibility index (Phi) is 4.95. The van der Waals surface area contributed by atoms with Gasteiger partial charge in [0.2, 0.25) is 0 Å². The molecule has 1 heteroatoms. The zero-order valence-electron chi connectivity index (χ0n) is 14.7. The Bertz CT molecular complexity index is 585. The van der Waals surface area contributed by atoms with Gasteiger partial charge in [0.05, 0.1) is 7.11 Å². The van der Waals surface area contributed by atoms with Crippen LogP contribution in [0.4, 0.5) is 0 Å². The van der Waals surface area contributed by atoms with Gasteiger partial charge in [-0.1, -0.05) is 71.0 Å². The Labute approximate surface area is 135 Å². The molecule has 0 radical (unpaired) electrons. The van der Waals surface area contributed by atoms with Crippen LogP contribution < -0.4 is 4.74 Å². The maximum Gasteiger partial charge on any atom is 0.118 e. The highest BCUT2D eigenvalue weighted by molar-refractivity contribution is 5.38. The van der Waals surface area contributed by atoms with Crippen LogP contribution in [0.25, 0.3) is 0 Å². The van der Waals surface area contributed by atoms with E-state index in [9.17, 15) is 0 Å². The van der Waals surface area contributed by atoms with Crippen LogP contribution >= 0.6 is 0 Å². The van der Waals surface area contributed by atoms with Gasteiger partial charge in [0.25, 0.3) is 0 Å². The lowest BCUT2D eigenvalue weighted by Gasteiger charge is -2.24. The molecule has 0 bridgehead atoms. The maximum absolute atomic E-state index is 5.27. The molecule has 2 aromatic carbocycles. The summed E-state index contributed by atoms with van der Waals surface area (Å²) >= 11 is 0. The van der Waals surface area contributed by atoms with E-state index in [-0.39, 0.29) is 5.41 Å². The molecular formula is C21H28O. The third kappa shape index (κ3) is 3.71. The molecule has 0 aliphatic carbocycles. The molecule has 2 rings (SSSR count). The van der Waals surface area contributed by atoms with Crippen LogP contribution in [0.3, 0.4) is 0 Å². The molecule has 0 aliphatic rings. The molecule has 0 fully saturated rings. The summed E-state index contributed by atoms with van der Waals surface area (Å²) in [6.45, 7) is 11.3. The number of ether oxygens (including phenoxy) is 1. The quantitative estimate of drug-likeness (QED) is 0.695. The second-order valence-corrected chi connectivity index (χ2v) is 7.37. The molecule has 1 atom stereocenters. The summed E-state index contributed by atoms with van der Waals surface area (Å²) in [5.41, 5.74) is 4.31. The summed E-state index contributed by atoms with van der Waals surface area (Å²) < 4.78 is 5.27. The van der Waals surface area contributed by atoms with E-state index < -0.39 is 0 Å². The molecule has 0 saturated carbocycles. The monoisotopic (exact) mass is 296 g/mol. The predicted molar refractivity (Wildman–Crippen MR) is 94.8 cm³/mol. The van der Waals surface area contributed by atoms with Gasteiger partial charge in [0.1, 0.15) is 5.75 Å². The third-order valence-corrected chi connectivity index (χ3v) is 4.28. The fraction of sp³-hybridized carbons (Fsp3) is 0.429. The third-order valence-electron chi connectivity index (χ3n) is 4.28. The van der Waals surface area contributed by atoms with Crippen LogP contribution in [0.2, 0.25) is 0 Å². The molecule has 22 heavy (non-hydrogen) atoms. The fourth-order valence-electron chi connectivity index (χ4n) is 2.96. The van der Waals surface area contributed by atoms with E-state index in [0.717, 1.165) is 5.75 Å². The van der Waals surface area contributed by atoms with Gasteiger partial charge in [0, 0.05) is 5.92 Å². The molecule has 0 spiro atoms. The minimum atomic E-state index is 0.200. The Hall–Kier alpha value is -1.76. The Balaban J connectivity index is 2.35. The molecule has 0 saturated heterocycles. The Morgan fingerprint density at radius 3 is 1.59 bits per heavy atom. The lowest BCUT2D eigenvalue weighted by atomic mass is 9.80. The standard InChI is InChI=1S/C21H28O/c1-15(2)20(17-9-13-19(22-6)14-10-17)16-7-11-18(12-8-16)21(3,4)5/h7-15,20H,1-6H3. The lowest BCUT2D eigenvalue weighted by molar-refractivity contribution is 0.414. The molecule has 0 N–H and O–H groups in total. The van der Waals surface area contributed by atoms with Gasteiger partial charge in [-0.2, -0.15) is 0 Å². The zero-order valence-corrected chi connectivity index (χ0v) is 14.7. The normalized spacial score (nSPS) is 13.2. The first-order valence-corrected chi connectivity index (χ1v) is 8.07. The van der Waals surface area contributed by atoms with Crippen molar-refractivity contribution in [2.45, 2.75) is 46.0 Å². The van der Waals surface area contributed by atoms with Crippen molar-refractivity contribution in [3.05, 3.63) is 65.2 Å². The second-order valence-electron chi connectivity index (χ2n) is 7.37. The fourth-order valence-corrected chi connectivity index (χ4v) is 2.96. The molecule has 1 nitrogen and oxygen atoms in total. The first-order valence-electron chi connectivity index (χ1n) is 8.07. The minimum absolute atomic E-state index is 0.200. The van der Waals surface area contributed by atoms with E-state index in [1.807, 2.05) is 12.1 Å². The van der Waals surface area contributed by atoms with E-state index in [4.69, 9.17) is 4.74 Å². The number of benzene rings is 2. The van der Waals surface area contributed by atoms with E-state index in [1.165, 1.54) is 16.7 Å². The van der Waals surface area contributed by atoms with Crippen molar-refractivity contribution >= 4 is 0 Å². The van der Waals surface area contributed by atoms with E-state index in [2.05, 4.69) is 71.0 Å². The van der Waals surface area contributed by atoms with Crippen LogP contribution in [0.15, 0.2) is 48.5 Å². The van der Waals surface area contributed by atoms with Gasteiger partial charge in [-0.05, 0) is 40.2 Å². The molecule has 1 unspecified atom stereocenters. The van der Waals surface area contributed by atoms with Crippen molar-refractivity contribution < 1.29 is 4.74 Å². The summed E-state index contributed by atoms with van der Waals surface area (Å²) in [4.78, 5) is 0. The number of hydrogen-bond donors (Lipinski definition) is 0. The van der Waals surface area contributed by atoms with Crippen molar-refractivity contribution in [2.24, 2.45) is 5.92 Å². The van der Waals surface area contributed by atoms with Crippen LogP contribution in [-0.2, 0) is 5.41 Å². The van der Waals surface area contributed by atoms with Crippen LogP contribution in [0, 0.1) is 5.92 Å². The smallest absolute Gasteiger partial charge is 0.118 e.